The number of amides is 1. The Hall–Kier alpha value is -1.83. The fraction of sp³-hybridized carbons (Fsp3) is 0.0588. The first kappa shape index (κ1) is 17.0. The number of anilines is 1. The van der Waals surface area contributed by atoms with Crippen LogP contribution in [0, 0.1) is 0 Å². The number of phenolic OH excluding ortho intramolecular Hbond substituents is 1. The van der Waals surface area contributed by atoms with E-state index in [0.29, 0.717) is 26.2 Å². The minimum atomic E-state index is -0.213. The molecule has 1 aliphatic rings. The normalized spacial score (nSPS) is 16.1. The lowest BCUT2D eigenvalue weighted by molar-refractivity contribution is -0.113. The van der Waals surface area contributed by atoms with Crippen LogP contribution in [0.15, 0.2) is 51.8 Å². The van der Waals surface area contributed by atoms with Gasteiger partial charge in [0.05, 0.1) is 17.7 Å². The number of carbonyl (C=O) groups excluding carboxylic acids is 1. The van der Waals surface area contributed by atoms with Crippen molar-refractivity contribution in [2.75, 3.05) is 12.0 Å². The number of nitrogens with zero attached hydrogens (tertiary/aromatic N) is 1. The molecule has 1 fully saturated rings. The number of carbonyl (C=O) groups is 1. The van der Waals surface area contributed by atoms with E-state index in [1.165, 1.54) is 16.7 Å². The van der Waals surface area contributed by atoms with Crippen LogP contribution in [0.1, 0.15) is 5.56 Å². The van der Waals surface area contributed by atoms with E-state index >= 15 is 0 Å². The number of hydrogen-bond donors (Lipinski definition) is 1. The molecule has 1 heterocycles. The molecule has 2 aromatic carbocycles. The van der Waals surface area contributed by atoms with Crippen molar-refractivity contribution in [3.8, 4) is 11.5 Å². The highest BCUT2D eigenvalue weighted by atomic mass is 79.9. The third-order valence-electron chi connectivity index (χ3n) is 3.40. The molecule has 1 saturated heterocycles. The van der Waals surface area contributed by atoms with E-state index in [-0.39, 0.29) is 11.7 Å². The SMILES string of the molecule is COc1ccc(N2C(=O)/C(=C\c3cc(Br)ccc3O)SC2=S)cc1. The Balaban J connectivity index is 1.93. The first-order chi connectivity index (χ1) is 11.5. The summed E-state index contributed by atoms with van der Waals surface area (Å²) in [4.78, 5) is 14.6. The molecule has 3 rings (SSSR count). The molecule has 0 radical (unpaired) electrons. The van der Waals surface area contributed by atoms with Crippen molar-refractivity contribution in [3.05, 3.63) is 57.4 Å². The van der Waals surface area contributed by atoms with Crippen LogP contribution in [0.4, 0.5) is 5.69 Å². The lowest BCUT2D eigenvalue weighted by Crippen LogP contribution is -2.27. The van der Waals surface area contributed by atoms with Gasteiger partial charge in [0.25, 0.3) is 5.91 Å². The first-order valence-electron chi connectivity index (χ1n) is 6.90. The van der Waals surface area contributed by atoms with Gasteiger partial charge in [0.1, 0.15) is 11.5 Å². The van der Waals surface area contributed by atoms with Crippen LogP contribution in [-0.2, 0) is 4.79 Å². The standard InChI is InChI=1S/C17H12BrNO3S2/c1-22-13-5-3-12(4-6-13)19-16(21)15(24-17(19)23)9-10-8-11(18)2-7-14(10)20/h2-9,20H,1H3/b15-9+. The minimum absolute atomic E-state index is 0.105. The van der Waals surface area contributed by atoms with E-state index in [9.17, 15) is 9.90 Å². The molecule has 0 aromatic heterocycles. The van der Waals surface area contributed by atoms with E-state index in [1.54, 1.807) is 55.7 Å². The van der Waals surface area contributed by atoms with Crippen LogP contribution in [0.5, 0.6) is 11.5 Å². The molecule has 122 valence electrons. The maximum absolute atomic E-state index is 12.7. The van der Waals surface area contributed by atoms with Crippen LogP contribution in [0.25, 0.3) is 6.08 Å². The molecule has 2 aromatic rings. The molecule has 1 aliphatic heterocycles. The Morgan fingerprint density at radius 1 is 1.25 bits per heavy atom. The van der Waals surface area contributed by atoms with Gasteiger partial charge in [-0.1, -0.05) is 39.9 Å². The van der Waals surface area contributed by atoms with Gasteiger partial charge in [-0.05, 0) is 48.5 Å². The third-order valence-corrected chi connectivity index (χ3v) is 5.20. The van der Waals surface area contributed by atoms with Gasteiger partial charge in [0.2, 0.25) is 0 Å². The summed E-state index contributed by atoms with van der Waals surface area (Å²) in [6.45, 7) is 0. The van der Waals surface area contributed by atoms with E-state index < -0.39 is 0 Å². The summed E-state index contributed by atoms with van der Waals surface area (Å²) < 4.78 is 6.39. The molecule has 0 bridgehead atoms. The number of benzene rings is 2. The largest absolute Gasteiger partial charge is 0.507 e. The highest BCUT2D eigenvalue weighted by Gasteiger charge is 2.33. The molecular weight excluding hydrogens is 410 g/mol. The van der Waals surface area contributed by atoms with Crippen molar-refractivity contribution in [2.45, 2.75) is 0 Å². The van der Waals surface area contributed by atoms with Crippen molar-refractivity contribution >= 4 is 61.9 Å². The van der Waals surface area contributed by atoms with Gasteiger partial charge in [-0.25, -0.2) is 0 Å². The van der Waals surface area contributed by atoms with Crippen molar-refractivity contribution in [1.82, 2.24) is 0 Å². The van der Waals surface area contributed by atoms with Gasteiger partial charge >= 0.3 is 0 Å². The van der Waals surface area contributed by atoms with Crippen LogP contribution in [0.3, 0.4) is 0 Å². The van der Waals surface area contributed by atoms with Gasteiger partial charge in [-0.15, -0.1) is 0 Å². The van der Waals surface area contributed by atoms with Crippen molar-refractivity contribution in [3.63, 3.8) is 0 Å². The maximum Gasteiger partial charge on any atom is 0.270 e. The molecule has 0 spiro atoms. The van der Waals surface area contributed by atoms with E-state index in [1.807, 2.05) is 0 Å². The first-order valence-corrected chi connectivity index (χ1v) is 8.92. The van der Waals surface area contributed by atoms with Gasteiger partial charge in [0, 0.05) is 10.0 Å². The number of methoxy groups -OCH3 is 1. The van der Waals surface area contributed by atoms with Crippen LogP contribution < -0.4 is 9.64 Å². The monoisotopic (exact) mass is 421 g/mol. The Morgan fingerprint density at radius 3 is 2.62 bits per heavy atom. The average Bonchev–Trinajstić information content (AvgIpc) is 2.85. The number of aromatic hydroxyl groups is 1. The molecule has 1 amide bonds. The molecule has 0 aliphatic carbocycles. The smallest absolute Gasteiger partial charge is 0.270 e. The summed E-state index contributed by atoms with van der Waals surface area (Å²) in [6.07, 6.45) is 1.64. The summed E-state index contributed by atoms with van der Waals surface area (Å²) in [5.41, 5.74) is 1.24. The zero-order valence-electron chi connectivity index (χ0n) is 12.5. The maximum atomic E-state index is 12.7. The quantitative estimate of drug-likeness (QED) is 0.580. The lowest BCUT2D eigenvalue weighted by Gasteiger charge is -2.14. The Bertz CT molecular complexity index is 849. The highest BCUT2D eigenvalue weighted by Crippen LogP contribution is 2.37. The minimum Gasteiger partial charge on any atom is -0.507 e. The topological polar surface area (TPSA) is 49.8 Å². The second kappa shape index (κ2) is 6.96. The Kier molecular flexibility index (Phi) is 4.93. The van der Waals surface area contributed by atoms with Gasteiger partial charge < -0.3 is 9.84 Å². The number of thioether (sulfide) groups is 1. The van der Waals surface area contributed by atoms with Gasteiger partial charge in [0.15, 0.2) is 4.32 Å². The zero-order valence-corrected chi connectivity index (χ0v) is 15.7. The van der Waals surface area contributed by atoms with Crippen LogP contribution in [-0.4, -0.2) is 22.4 Å². The molecule has 0 saturated carbocycles. The molecule has 7 heteroatoms. The summed E-state index contributed by atoms with van der Waals surface area (Å²) >= 11 is 9.90. The second-order valence-corrected chi connectivity index (χ2v) is 7.51. The van der Waals surface area contributed by atoms with Crippen LogP contribution >= 0.6 is 39.9 Å². The van der Waals surface area contributed by atoms with Crippen LogP contribution in [0.2, 0.25) is 0 Å². The molecule has 0 unspecified atom stereocenters. The highest BCUT2D eigenvalue weighted by molar-refractivity contribution is 9.10. The van der Waals surface area contributed by atoms with E-state index in [0.717, 1.165) is 4.47 Å². The molecule has 4 nitrogen and oxygen atoms in total. The van der Waals surface area contributed by atoms with Crippen molar-refractivity contribution in [2.24, 2.45) is 0 Å². The molecule has 24 heavy (non-hydrogen) atoms. The summed E-state index contributed by atoms with van der Waals surface area (Å²) in [5.74, 6) is 0.598. The molecule has 0 atom stereocenters. The van der Waals surface area contributed by atoms with Gasteiger partial charge in [-0.3, -0.25) is 9.69 Å². The third kappa shape index (κ3) is 3.33. The Labute approximate surface area is 157 Å². The number of phenols is 1. The number of hydrogen-bond acceptors (Lipinski definition) is 5. The lowest BCUT2D eigenvalue weighted by atomic mass is 10.2. The number of thiocarbonyl (C=S) groups is 1. The average molecular weight is 422 g/mol. The summed E-state index contributed by atoms with van der Waals surface area (Å²) in [6, 6.07) is 12.2. The number of rotatable bonds is 3. The summed E-state index contributed by atoms with van der Waals surface area (Å²) in [5, 5.41) is 9.94. The predicted molar refractivity (Wildman–Crippen MR) is 104 cm³/mol. The van der Waals surface area contributed by atoms with Crippen molar-refractivity contribution in [1.29, 1.82) is 0 Å². The Morgan fingerprint density at radius 2 is 1.96 bits per heavy atom. The fourth-order valence-electron chi connectivity index (χ4n) is 2.20. The van der Waals surface area contributed by atoms with Crippen molar-refractivity contribution < 1.29 is 14.6 Å². The predicted octanol–water partition coefficient (Wildman–Crippen LogP) is 4.57. The summed E-state index contributed by atoms with van der Waals surface area (Å²) in [7, 11) is 1.59. The number of halogens is 1. The zero-order chi connectivity index (χ0) is 17.3. The fourth-order valence-corrected chi connectivity index (χ4v) is 3.87. The second-order valence-electron chi connectivity index (χ2n) is 4.92. The van der Waals surface area contributed by atoms with E-state index in [2.05, 4.69) is 15.9 Å². The van der Waals surface area contributed by atoms with Gasteiger partial charge in [-0.2, -0.15) is 0 Å². The number of ether oxygens (including phenoxy) is 1. The van der Waals surface area contributed by atoms with E-state index in [4.69, 9.17) is 17.0 Å². The molecule has 1 N–H and O–H groups in total. The molecular formula is C17H12BrNO3S2.